The van der Waals surface area contributed by atoms with Gasteiger partial charge in [0.2, 0.25) is 0 Å². The fourth-order valence-corrected chi connectivity index (χ4v) is 2.50. The highest BCUT2D eigenvalue weighted by molar-refractivity contribution is 5.91. The second kappa shape index (κ2) is 3.75. The molecule has 2 atom stereocenters. The summed E-state index contributed by atoms with van der Waals surface area (Å²) >= 11 is 0. The number of rotatable bonds is 1. The molecule has 2 bridgehead atoms. The minimum Gasteiger partial charge on any atom is -0.478 e. The third kappa shape index (κ3) is 1.89. The number of hydrogen-bond acceptors (Lipinski definition) is 2. The third-order valence-corrected chi connectivity index (χ3v) is 3.20. The van der Waals surface area contributed by atoms with Gasteiger partial charge in [-0.15, -0.1) is 0 Å². The Morgan fingerprint density at radius 3 is 2.53 bits per heavy atom. The van der Waals surface area contributed by atoms with E-state index in [1.807, 2.05) is 0 Å². The van der Waals surface area contributed by atoms with Gasteiger partial charge in [-0.2, -0.15) is 13.2 Å². The van der Waals surface area contributed by atoms with Crippen LogP contribution >= 0.6 is 0 Å². The van der Waals surface area contributed by atoms with Crippen molar-refractivity contribution in [3.05, 3.63) is 11.6 Å². The average molecular weight is 249 g/mol. The van der Waals surface area contributed by atoms with E-state index >= 15 is 0 Å². The maximum Gasteiger partial charge on any atom is 0.471 e. The van der Waals surface area contributed by atoms with Gasteiger partial charge < -0.3 is 10.0 Å². The second-order valence-electron chi connectivity index (χ2n) is 4.16. The molecule has 2 rings (SSSR count). The quantitative estimate of drug-likeness (QED) is 0.762. The first-order valence-corrected chi connectivity index (χ1v) is 5.15. The molecular weight excluding hydrogens is 239 g/mol. The number of nitrogens with zero attached hydrogens (tertiary/aromatic N) is 1. The van der Waals surface area contributed by atoms with Crippen molar-refractivity contribution in [2.75, 3.05) is 0 Å². The lowest BCUT2D eigenvalue weighted by Crippen LogP contribution is -2.50. The Balaban J connectivity index is 2.30. The summed E-state index contributed by atoms with van der Waals surface area (Å²) in [7, 11) is 0. The van der Waals surface area contributed by atoms with E-state index in [-0.39, 0.29) is 18.4 Å². The van der Waals surface area contributed by atoms with Crippen molar-refractivity contribution < 1.29 is 27.9 Å². The van der Waals surface area contributed by atoms with Crippen molar-refractivity contribution in [1.82, 2.24) is 4.90 Å². The van der Waals surface area contributed by atoms with E-state index in [0.717, 1.165) is 0 Å². The zero-order valence-electron chi connectivity index (χ0n) is 8.70. The van der Waals surface area contributed by atoms with Crippen molar-refractivity contribution >= 4 is 11.9 Å². The van der Waals surface area contributed by atoms with Crippen LogP contribution in [0, 0.1) is 0 Å². The Labute approximate surface area is 94.7 Å². The first-order chi connectivity index (χ1) is 7.82. The van der Waals surface area contributed by atoms with Crippen LogP contribution in [0.3, 0.4) is 0 Å². The van der Waals surface area contributed by atoms with E-state index in [1.54, 1.807) is 0 Å². The fraction of sp³-hybridized carbons (Fsp3) is 0.600. The van der Waals surface area contributed by atoms with Gasteiger partial charge in [0.1, 0.15) is 0 Å². The maximum atomic E-state index is 12.4. The zero-order valence-corrected chi connectivity index (χ0v) is 8.70. The van der Waals surface area contributed by atoms with E-state index < -0.39 is 30.1 Å². The summed E-state index contributed by atoms with van der Waals surface area (Å²) in [4.78, 5) is 22.8. The van der Waals surface area contributed by atoms with Gasteiger partial charge in [0.05, 0.1) is 11.6 Å². The zero-order chi connectivity index (χ0) is 12.8. The summed E-state index contributed by atoms with van der Waals surface area (Å²) in [5, 5.41) is 8.87. The summed E-state index contributed by atoms with van der Waals surface area (Å²) in [5.74, 6) is -3.19. The molecule has 2 aliphatic heterocycles. The number of halogens is 3. The van der Waals surface area contributed by atoms with Gasteiger partial charge in [0.25, 0.3) is 0 Å². The van der Waals surface area contributed by atoms with Gasteiger partial charge in [-0.3, -0.25) is 4.79 Å². The van der Waals surface area contributed by atoms with Gasteiger partial charge in [0, 0.05) is 6.04 Å². The molecule has 2 aliphatic rings. The minimum atomic E-state index is -4.94. The molecule has 0 aromatic carbocycles. The number of amides is 1. The van der Waals surface area contributed by atoms with Crippen molar-refractivity contribution in [2.45, 2.75) is 37.5 Å². The van der Waals surface area contributed by atoms with Crippen LogP contribution < -0.4 is 0 Å². The first-order valence-electron chi connectivity index (χ1n) is 5.15. The lowest BCUT2D eigenvalue weighted by Gasteiger charge is -2.34. The Morgan fingerprint density at radius 2 is 2.00 bits per heavy atom. The standard InChI is InChI=1S/C10H10F3NO3/c11-10(12,13)9(17)14-5-1-3-6(8(15)16)7(14)4-2-5/h3,5,7H,1-2,4H2,(H,15,16). The number of fused-ring (bicyclic) bond motifs is 2. The van der Waals surface area contributed by atoms with E-state index in [1.165, 1.54) is 6.08 Å². The molecule has 94 valence electrons. The third-order valence-electron chi connectivity index (χ3n) is 3.20. The van der Waals surface area contributed by atoms with Crippen LogP contribution in [-0.4, -0.2) is 40.1 Å². The molecule has 1 amide bonds. The minimum absolute atomic E-state index is 0.101. The molecule has 0 aliphatic carbocycles. The molecule has 7 heteroatoms. The Kier molecular flexibility index (Phi) is 2.63. The van der Waals surface area contributed by atoms with Crippen molar-refractivity contribution in [3.63, 3.8) is 0 Å². The molecule has 4 nitrogen and oxygen atoms in total. The Morgan fingerprint density at radius 1 is 1.35 bits per heavy atom. The molecule has 1 fully saturated rings. The molecule has 0 aromatic heterocycles. The van der Waals surface area contributed by atoms with Gasteiger partial charge in [0.15, 0.2) is 0 Å². The highest BCUT2D eigenvalue weighted by Gasteiger charge is 2.51. The van der Waals surface area contributed by atoms with Gasteiger partial charge in [-0.05, 0) is 19.3 Å². The van der Waals surface area contributed by atoms with Crippen LogP contribution in [0.15, 0.2) is 11.6 Å². The molecule has 0 radical (unpaired) electrons. The topological polar surface area (TPSA) is 57.6 Å². The van der Waals surface area contributed by atoms with Crippen LogP contribution in [0.5, 0.6) is 0 Å². The van der Waals surface area contributed by atoms with Crippen molar-refractivity contribution in [1.29, 1.82) is 0 Å². The van der Waals surface area contributed by atoms with E-state index in [2.05, 4.69) is 0 Å². The van der Waals surface area contributed by atoms with Crippen LogP contribution in [0.1, 0.15) is 19.3 Å². The lowest BCUT2D eigenvalue weighted by atomic mass is 10.0. The molecule has 2 heterocycles. The number of carboxylic acids is 1. The highest BCUT2D eigenvalue weighted by Crippen LogP contribution is 2.38. The maximum absolute atomic E-state index is 12.4. The van der Waals surface area contributed by atoms with Gasteiger partial charge in [-0.1, -0.05) is 6.08 Å². The summed E-state index contributed by atoms with van der Waals surface area (Å²) in [5.41, 5.74) is -0.101. The van der Waals surface area contributed by atoms with E-state index in [4.69, 9.17) is 5.11 Å². The van der Waals surface area contributed by atoms with Gasteiger partial charge >= 0.3 is 18.1 Å². The number of carbonyl (C=O) groups excluding carboxylic acids is 1. The van der Waals surface area contributed by atoms with Crippen LogP contribution in [0.4, 0.5) is 13.2 Å². The van der Waals surface area contributed by atoms with E-state index in [9.17, 15) is 22.8 Å². The first kappa shape index (κ1) is 11.9. The summed E-state index contributed by atoms with van der Waals surface area (Å²) in [6, 6.07) is -1.45. The smallest absolute Gasteiger partial charge is 0.471 e. The summed E-state index contributed by atoms with van der Waals surface area (Å²) in [6.45, 7) is 0. The number of carbonyl (C=O) groups is 2. The lowest BCUT2D eigenvalue weighted by molar-refractivity contribution is -0.188. The summed E-state index contributed by atoms with van der Waals surface area (Å²) in [6.07, 6.45) is -2.64. The molecule has 0 aromatic rings. The molecular formula is C10H10F3NO3. The molecule has 0 saturated carbocycles. The molecule has 17 heavy (non-hydrogen) atoms. The molecule has 0 spiro atoms. The normalized spacial score (nSPS) is 27.9. The predicted octanol–water partition coefficient (Wildman–Crippen LogP) is 1.32. The van der Waals surface area contributed by atoms with E-state index in [0.29, 0.717) is 11.3 Å². The largest absolute Gasteiger partial charge is 0.478 e. The monoisotopic (exact) mass is 249 g/mol. The second-order valence-corrected chi connectivity index (χ2v) is 4.16. The SMILES string of the molecule is O=C(O)C1=CCC2CCC1N2C(=O)C(F)(F)F. The summed E-state index contributed by atoms with van der Waals surface area (Å²) < 4.78 is 37.1. The Hall–Kier alpha value is -1.53. The number of alkyl halides is 3. The average Bonchev–Trinajstić information content (AvgIpc) is 2.48. The number of carboxylic acid groups (broad SMARTS) is 1. The van der Waals surface area contributed by atoms with Crippen LogP contribution in [0.25, 0.3) is 0 Å². The van der Waals surface area contributed by atoms with Crippen LogP contribution in [-0.2, 0) is 9.59 Å². The van der Waals surface area contributed by atoms with Crippen molar-refractivity contribution in [2.24, 2.45) is 0 Å². The molecule has 1 N–H and O–H groups in total. The predicted molar refractivity (Wildman–Crippen MR) is 50.0 cm³/mol. The molecule has 1 saturated heterocycles. The van der Waals surface area contributed by atoms with Crippen LogP contribution in [0.2, 0.25) is 0 Å². The molecule has 2 unspecified atom stereocenters. The Bertz CT molecular complexity index is 402. The number of hydrogen-bond donors (Lipinski definition) is 1. The highest BCUT2D eigenvalue weighted by atomic mass is 19.4. The fourth-order valence-electron chi connectivity index (χ4n) is 2.50. The van der Waals surface area contributed by atoms with Gasteiger partial charge in [-0.25, -0.2) is 4.79 Å². The van der Waals surface area contributed by atoms with Crippen molar-refractivity contribution in [3.8, 4) is 0 Å². The number of aliphatic carboxylic acids is 1.